The molecule has 0 saturated heterocycles. The first kappa shape index (κ1) is 16.2. The Hall–Kier alpha value is -1.16. The van der Waals surface area contributed by atoms with E-state index in [1.165, 1.54) is 0 Å². The third-order valence-electron chi connectivity index (χ3n) is 2.93. The fourth-order valence-corrected chi connectivity index (χ4v) is 2.08. The van der Waals surface area contributed by atoms with Crippen LogP contribution in [-0.4, -0.2) is 15.5 Å². The minimum absolute atomic E-state index is 0.0821. The molecule has 0 amide bonds. The van der Waals surface area contributed by atoms with Gasteiger partial charge in [0.15, 0.2) is 0 Å². The molecule has 2 aromatic rings. The molecule has 0 aliphatic carbocycles. The number of hydrogen-bond donors (Lipinski definition) is 1. The molecule has 3 nitrogen and oxygen atoms in total. The lowest BCUT2D eigenvalue weighted by atomic mass is 10.1. The van der Waals surface area contributed by atoms with Gasteiger partial charge in [-0.3, -0.25) is 0 Å². The van der Waals surface area contributed by atoms with Gasteiger partial charge in [0.1, 0.15) is 5.82 Å². The summed E-state index contributed by atoms with van der Waals surface area (Å²) in [6.45, 7) is 7.15. The summed E-state index contributed by atoms with van der Waals surface area (Å²) in [5.74, 6) is 0.771. The monoisotopic (exact) mass is 323 g/mol. The van der Waals surface area contributed by atoms with E-state index in [9.17, 15) is 0 Å². The Morgan fingerprint density at radius 2 is 1.67 bits per heavy atom. The minimum Gasteiger partial charge on any atom is -0.308 e. The largest absolute Gasteiger partial charge is 0.308 e. The van der Waals surface area contributed by atoms with E-state index in [0.717, 1.165) is 23.5 Å². The number of halogens is 2. The van der Waals surface area contributed by atoms with Crippen LogP contribution in [0.15, 0.2) is 30.6 Å². The average molecular weight is 324 g/mol. The summed E-state index contributed by atoms with van der Waals surface area (Å²) in [6, 6.07) is 5.58. The van der Waals surface area contributed by atoms with Gasteiger partial charge in [0, 0.05) is 36.5 Å². The molecule has 0 aliphatic heterocycles. The molecule has 0 unspecified atom stereocenters. The van der Waals surface area contributed by atoms with Gasteiger partial charge in [-0.15, -0.1) is 0 Å². The number of nitrogens with one attached hydrogen (secondary N) is 1. The molecular formula is C16H19Cl2N3. The number of hydrogen-bond acceptors (Lipinski definition) is 3. The molecule has 0 spiro atoms. The molecule has 0 radical (unpaired) electrons. The van der Waals surface area contributed by atoms with Gasteiger partial charge in [-0.25, -0.2) is 9.97 Å². The van der Waals surface area contributed by atoms with Crippen LogP contribution in [0.4, 0.5) is 0 Å². The Bertz CT molecular complexity index is 604. The molecule has 0 saturated carbocycles. The fourth-order valence-electron chi connectivity index (χ4n) is 1.76. The second-order valence-corrected chi connectivity index (χ2v) is 6.85. The molecule has 1 heterocycles. The summed E-state index contributed by atoms with van der Waals surface area (Å²) in [7, 11) is 0. The predicted molar refractivity (Wildman–Crippen MR) is 87.9 cm³/mol. The Balaban J connectivity index is 2.00. The topological polar surface area (TPSA) is 37.8 Å². The second kappa shape index (κ2) is 6.73. The van der Waals surface area contributed by atoms with Crippen LogP contribution >= 0.6 is 23.2 Å². The summed E-state index contributed by atoms with van der Waals surface area (Å²) in [4.78, 5) is 8.80. The molecule has 1 aromatic carbocycles. The van der Waals surface area contributed by atoms with Crippen LogP contribution in [0, 0.1) is 0 Å². The number of aromatic nitrogens is 2. The van der Waals surface area contributed by atoms with Crippen molar-refractivity contribution in [2.45, 2.75) is 39.3 Å². The van der Waals surface area contributed by atoms with E-state index in [1.54, 1.807) is 6.07 Å². The second-order valence-electron chi connectivity index (χ2n) is 6.04. The van der Waals surface area contributed by atoms with Crippen LogP contribution in [0.2, 0.25) is 10.0 Å². The van der Waals surface area contributed by atoms with Crippen molar-refractivity contribution in [1.82, 2.24) is 15.3 Å². The average Bonchev–Trinajstić information content (AvgIpc) is 2.41. The highest BCUT2D eigenvalue weighted by Gasteiger charge is 2.09. The molecule has 21 heavy (non-hydrogen) atoms. The van der Waals surface area contributed by atoms with Crippen LogP contribution in [0.25, 0.3) is 0 Å². The summed E-state index contributed by atoms with van der Waals surface area (Å²) >= 11 is 11.9. The van der Waals surface area contributed by atoms with Gasteiger partial charge in [0.05, 0.1) is 10.0 Å². The Morgan fingerprint density at radius 3 is 2.24 bits per heavy atom. The molecule has 0 fully saturated rings. The van der Waals surface area contributed by atoms with Crippen molar-refractivity contribution in [3.8, 4) is 0 Å². The summed E-state index contributed by atoms with van der Waals surface area (Å²) < 4.78 is 0. The number of nitrogens with zero attached hydrogens (tertiary/aromatic N) is 2. The number of rotatable bonds is 4. The van der Waals surface area contributed by atoms with Crippen molar-refractivity contribution in [1.29, 1.82) is 0 Å². The van der Waals surface area contributed by atoms with Gasteiger partial charge in [0.2, 0.25) is 0 Å². The van der Waals surface area contributed by atoms with Gasteiger partial charge in [-0.1, -0.05) is 29.3 Å². The lowest BCUT2D eigenvalue weighted by molar-refractivity contribution is 0.423. The van der Waals surface area contributed by atoms with Crippen molar-refractivity contribution >= 4 is 23.2 Å². The Labute approximate surface area is 135 Å². The lowest BCUT2D eigenvalue weighted by Crippen LogP contribution is -2.35. The molecular weight excluding hydrogens is 305 g/mol. The van der Waals surface area contributed by atoms with Crippen LogP contribution < -0.4 is 5.32 Å². The van der Waals surface area contributed by atoms with E-state index in [2.05, 4.69) is 36.1 Å². The number of benzene rings is 1. The van der Waals surface area contributed by atoms with Gasteiger partial charge in [0.25, 0.3) is 0 Å². The van der Waals surface area contributed by atoms with Crippen molar-refractivity contribution < 1.29 is 0 Å². The van der Waals surface area contributed by atoms with Crippen molar-refractivity contribution in [2.24, 2.45) is 0 Å². The molecule has 5 heteroatoms. The van der Waals surface area contributed by atoms with E-state index in [-0.39, 0.29) is 5.54 Å². The van der Waals surface area contributed by atoms with E-state index >= 15 is 0 Å². The molecule has 2 rings (SSSR count). The van der Waals surface area contributed by atoms with E-state index < -0.39 is 0 Å². The fraction of sp³-hybridized carbons (Fsp3) is 0.375. The molecule has 0 aliphatic rings. The van der Waals surface area contributed by atoms with Crippen molar-refractivity contribution in [2.75, 3.05) is 0 Å². The minimum atomic E-state index is 0.0821. The Morgan fingerprint density at radius 1 is 1.00 bits per heavy atom. The third-order valence-corrected chi connectivity index (χ3v) is 3.67. The molecule has 1 aromatic heterocycles. The van der Waals surface area contributed by atoms with Gasteiger partial charge < -0.3 is 5.32 Å². The highest BCUT2D eigenvalue weighted by atomic mass is 35.5. The van der Waals surface area contributed by atoms with Gasteiger partial charge in [-0.2, -0.15) is 0 Å². The normalized spacial score (nSPS) is 11.7. The molecule has 1 N–H and O–H groups in total. The maximum absolute atomic E-state index is 6.01. The summed E-state index contributed by atoms with van der Waals surface area (Å²) in [5, 5.41) is 4.52. The predicted octanol–water partition coefficient (Wildman–Crippen LogP) is 4.26. The highest BCUT2D eigenvalue weighted by Crippen LogP contribution is 2.23. The maximum atomic E-state index is 6.01. The van der Waals surface area contributed by atoms with Crippen LogP contribution in [0.3, 0.4) is 0 Å². The van der Waals surface area contributed by atoms with Gasteiger partial charge in [-0.05, 0) is 38.5 Å². The molecule has 112 valence electrons. The van der Waals surface area contributed by atoms with Crippen LogP contribution in [0.1, 0.15) is 37.7 Å². The Kier molecular flexibility index (Phi) is 5.20. The third kappa shape index (κ3) is 5.27. The van der Waals surface area contributed by atoms with Crippen molar-refractivity contribution in [3.63, 3.8) is 0 Å². The highest BCUT2D eigenvalue weighted by molar-refractivity contribution is 6.42. The zero-order valence-corrected chi connectivity index (χ0v) is 14.0. The maximum Gasteiger partial charge on any atom is 0.132 e. The van der Waals surface area contributed by atoms with Crippen LogP contribution in [-0.2, 0) is 13.0 Å². The summed E-state index contributed by atoms with van der Waals surface area (Å²) in [5.41, 5.74) is 2.20. The van der Waals surface area contributed by atoms with Gasteiger partial charge >= 0.3 is 0 Å². The van der Waals surface area contributed by atoms with E-state index in [0.29, 0.717) is 16.5 Å². The first-order valence-electron chi connectivity index (χ1n) is 6.82. The first-order valence-corrected chi connectivity index (χ1v) is 7.58. The SMILES string of the molecule is CC(C)(C)NCc1cnc(Cc2ccc(Cl)c(Cl)c2)nc1. The molecule has 0 atom stereocenters. The van der Waals surface area contributed by atoms with Crippen molar-refractivity contribution in [3.05, 3.63) is 57.6 Å². The standard InChI is InChI=1S/C16H19Cl2N3/c1-16(2,3)21-10-12-8-19-15(20-9-12)7-11-4-5-13(17)14(18)6-11/h4-6,8-9,21H,7,10H2,1-3H3. The van der Waals surface area contributed by atoms with E-state index in [4.69, 9.17) is 23.2 Å². The lowest BCUT2D eigenvalue weighted by Gasteiger charge is -2.20. The van der Waals surface area contributed by atoms with E-state index in [1.807, 2.05) is 24.5 Å². The zero-order valence-electron chi connectivity index (χ0n) is 12.5. The van der Waals surface area contributed by atoms with Crippen LogP contribution in [0.5, 0.6) is 0 Å². The molecule has 0 bridgehead atoms. The summed E-state index contributed by atoms with van der Waals surface area (Å²) in [6.07, 6.45) is 4.36. The zero-order chi connectivity index (χ0) is 15.5. The smallest absolute Gasteiger partial charge is 0.132 e. The quantitative estimate of drug-likeness (QED) is 0.913. The first-order chi connectivity index (χ1) is 9.83.